The number of hydrogen-bond donors (Lipinski definition) is 2. The van der Waals surface area contributed by atoms with Gasteiger partial charge in [0, 0.05) is 6.04 Å². The molecule has 1 fully saturated rings. The summed E-state index contributed by atoms with van der Waals surface area (Å²) in [5.74, 6) is 0. The molecular formula is C8H17NO2. The molecular weight excluding hydrogens is 142 g/mol. The SMILES string of the molecule is OCCOC[C@@H]1CCCCN1. The highest BCUT2D eigenvalue weighted by molar-refractivity contribution is 4.70. The minimum atomic E-state index is 0.132. The zero-order chi connectivity index (χ0) is 7.94. The van der Waals surface area contributed by atoms with E-state index in [1.807, 2.05) is 0 Å². The van der Waals surface area contributed by atoms with Gasteiger partial charge in [-0.3, -0.25) is 0 Å². The minimum absolute atomic E-state index is 0.132. The van der Waals surface area contributed by atoms with E-state index in [0.717, 1.165) is 13.2 Å². The van der Waals surface area contributed by atoms with E-state index in [4.69, 9.17) is 9.84 Å². The van der Waals surface area contributed by atoms with E-state index in [9.17, 15) is 0 Å². The molecule has 0 amide bonds. The first-order valence-corrected chi connectivity index (χ1v) is 4.35. The Hall–Kier alpha value is -0.120. The van der Waals surface area contributed by atoms with Gasteiger partial charge >= 0.3 is 0 Å². The smallest absolute Gasteiger partial charge is 0.0698 e. The average Bonchev–Trinajstić information content (AvgIpc) is 2.07. The Labute approximate surface area is 67.7 Å². The lowest BCUT2D eigenvalue weighted by molar-refractivity contribution is 0.0715. The lowest BCUT2D eigenvalue weighted by Crippen LogP contribution is -2.37. The van der Waals surface area contributed by atoms with Crippen LogP contribution >= 0.6 is 0 Å². The second kappa shape index (κ2) is 5.52. The fourth-order valence-corrected chi connectivity index (χ4v) is 1.36. The van der Waals surface area contributed by atoms with Gasteiger partial charge in [-0.05, 0) is 19.4 Å². The molecule has 0 aromatic carbocycles. The number of aliphatic hydroxyl groups is 1. The van der Waals surface area contributed by atoms with E-state index in [-0.39, 0.29) is 6.61 Å². The molecule has 1 heterocycles. The van der Waals surface area contributed by atoms with Crippen LogP contribution in [0.1, 0.15) is 19.3 Å². The predicted octanol–water partition coefficient (Wildman–Crippen LogP) is 0.137. The molecule has 0 aromatic heterocycles. The van der Waals surface area contributed by atoms with Crippen molar-refractivity contribution in [2.75, 3.05) is 26.4 Å². The van der Waals surface area contributed by atoms with Gasteiger partial charge in [0.25, 0.3) is 0 Å². The molecule has 1 aliphatic rings. The molecule has 11 heavy (non-hydrogen) atoms. The molecule has 0 aliphatic carbocycles. The van der Waals surface area contributed by atoms with E-state index < -0.39 is 0 Å². The van der Waals surface area contributed by atoms with Crippen molar-refractivity contribution in [2.24, 2.45) is 0 Å². The first-order chi connectivity index (χ1) is 5.43. The Bertz CT molecular complexity index is 92.1. The zero-order valence-corrected chi connectivity index (χ0v) is 6.88. The van der Waals surface area contributed by atoms with Crippen LogP contribution in [-0.4, -0.2) is 37.5 Å². The summed E-state index contributed by atoms with van der Waals surface area (Å²) in [6.45, 7) is 2.47. The first kappa shape index (κ1) is 8.97. The van der Waals surface area contributed by atoms with E-state index >= 15 is 0 Å². The predicted molar refractivity (Wildman–Crippen MR) is 43.5 cm³/mol. The van der Waals surface area contributed by atoms with Crippen molar-refractivity contribution in [2.45, 2.75) is 25.3 Å². The summed E-state index contributed by atoms with van der Waals surface area (Å²) in [4.78, 5) is 0. The highest BCUT2D eigenvalue weighted by atomic mass is 16.5. The van der Waals surface area contributed by atoms with Crippen molar-refractivity contribution in [3.05, 3.63) is 0 Å². The third kappa shape index (κ3) is 3.70. The second-order valence-corrected chi connectivity index (χ2v) is 2.95. The Morgan fingerprint density at radius 3 is 3.00 bits per heavy atom. The topological polar surface area (TPSA) is 41.5 Å². The monoisotopic (exact) mass is 159 g/mol. The molecule has 1 rings (SSSR count). The minimum Gasteiger partial charge on any atom is -0.394 e. The Balaban J connectivity index is 1.96. The molecule has 1 atom stereocenters. The zero-order valence-electron chi connectivity index (χ0n) is 6.88. The normalized spacial score (nSPS) is 25.4. The highest BCUT2D eigenvalue weighted by Gasteiger charge is 2.11. The number of nitrogens with one attached hydrogen (secondary N) is 1. The van der Waals surface area contributed by atoms with Crippen LogP contribution in [0.15, 0.2) is 0 Å². The van der Waals surface area contributed by atoms with Crippen molar-refractivity contribution in [1.82, 2.24) is 5.32 Å². The average molecular weight is 159 g/mol. The fraction of sp³-hybridized carbons (Fsp3) is 1.00. The molecule has 1 aliphatic heterocycles. The Morgan fingerprint density at radius 1 is 1.45 bits per heavy atom. The molecule has 0 saturated carbocycles. The molecule has 0 radical (unpaired) electrons. The number of aliphatic hydroxyl groups excluding tert-OH is 1. The quantitative estimate of drug-likeness (QED) is 0.573. The van der Waals surface area contributed by atoms with E-state index in [2.05, 4.69) is 5.32 Å². The van der Waals surface area contributed by atoms with Crippen LogP contribution in [0.3, 0.4) is 0 Å². The highest BCUT2D eigenvalue weighted by Crippen LogP contribution is 2.06. The van der Waals surface area contributed by atoms with E-state index in [0.29, 0.717) is 12.6 Å². The van der Waals surface area contributed by atoms with Gasteiger partial charge in [0.15, 0.2) is 0 Å². The molecule has 0 spiro atoms. The summed E-state index contributed by atoms with van der Waals surface area (Å²) in [6, 6.07) is 0.523. The maximum atomic E-state index is 8.45. The third-order valence-electron chi connectivity index (χ3n) is 1.97. The molecule has 66 valence electrons. The molecule has 3 heteroatoms. The van der Waals surface area contributed by atoms with Crippen molar-refractivity contribution < 1.29 is 9.84 Å². The van der Waals surface area contributed by atoms with Crippen LogP contribution < -0.4 is 5.32 Å². The van der Waals surface area contributed by atoms with Gasteiger partial charge in [-0.25, -0.2) is 0 Å². The Morgan fingerprint density at radius 2 is 2.36 bits per heavy atom. The largest absolute Gasteiger partial charge is 0.394 e. The summed E-state index contributed by atoms with van der Waals surface area (Å²) in [6.07, 6.45) is 3.81. The van der Waals surface area contributed by atoms with Gasteiger partial charge in [-0.2, -0.15) is 0 Å². The molecule has 3 nitrogen and oxygen atoms in total. The fourth-order valence-electron chi connectivity index (χ4n) is 1.36. The standard InChI is InChI=1S/C8H17NO2/c10-5-6-11-7-8-3-1-2-4-9-8/h8-10H,1-7H2/t8-/m0/s1. The van der Waals surface area contributed by atoms with Crippen LogP contribution in [0.25, 0.3) is 0 Å². The first-order valence-electron chi connectivity index (χ1n) is 4.35. The summed E-state index contributed by atoms with van der Waals surface area (Å²) in [5, 5.41) is 11.8. The lowest BCUT2D eigenvalue weighted by atomic mass is 10.1. The molecule has 0 unspecified atom stereocenters. The molecule has 0 bridgehead atoms. The van der Waals surface area contributed by atoms with Gasteiger partial charge in [0.1, 0.15) is 0 Å². The van der Waals surface area contributed by atoms with Crippen LogP contribution in [0, 0.1) is 0 Å². The molecule has 1 saturated heterocycles. The van der Waals surface area contributed by atoms with Gasteiger partial charge in [-0.15, -0.1) is 0 Å². The van der Waals surface area contributed by atoms with Crippen LogP contribution in [-0.2, 0) is 4.74 Å². The molecule has 0 aromatic rings. The van der Waals surface area contributed by atoms with E-state index in [1.54, 1.807) is 0 Å². The van der Waals surface area contributed by atoms with E-state index in [1.165, 1.54) is 19.3 Å². The summed E-state index contributed by atoms with van der Waals surface area (Å²) >= 11 is 0. The van der Waals surface area contributed by atoms with Crippen molar-refractivity contribution in [3.8, 4) is 0 Å². The third-order valence-corrected chi connectivity index (χ3v) is 1.97. The van der Waals surface area contributed by atoms with Gasteiger partial charge in [0.2, 0.25) is 0 Å². The lowest BCUT2D eigenvalue weighted by Gasteiger charge is -2.22. The van der Waals surface area contributed by atoms with Crippen molar-refractivity contribution in [1.29, 1.82) is 0 Å². The maximum Gasteiger partial charge on any atom is 0.0698 e. The number of rotatable bonds is 4. The van der Waals surface area contributed by atoms with Crippen LogP contribution in [0.4, 0.5) is 0 Å². The van der Waals surface area contributed by atoms with Gasteiger partial charge in [-0.1, -0.05) is 6.42 Å². The number of piperidine rings is 1. The van der Waals surface area contributed by atoms with Crippen molar-refractivity contribution >= 4 is 0 Å². The van der Waals surface area contributed by atoms with Crippen molar-refractivity contribution in [3.63, 3.8) is 0 Å². The maximum absolute atomic E-state index is 8.45. The van der Waals surface area contributed by atoms with Crippen LogP contribution in [0.2, 0.25) is 0 Å². The number of hydrogen-bond acceptors (Lipinski definition) is 3. The summed E-state index contributed by atoms with van der Waals surface area (Å²) in [7, 11) is 0. The number of ether oxygens (including phenoxy) is 1. The van der Waals surface area contributed by atoms with Gasteiger partial charge < -0.3 is 15.2 Å². The summed E-state index contributed by atoms with van der Waals surface area (Å²) < 4.78 is 5.21. The van der Waals surface area contributed by atoms with Gasteiger partial charge in [0.05, 0.1) is 19.8 Å². The summed E-state index contributed by atoms with van der Waals surface area (Å²) in [5.41, 5.74) is 0. The van der Waals surface area contributed by atoms with Crippen LogP contribution in [0.5, 0.6) is 0 Å². The molecule has 2 N–H and O–H groups in total. The Kier molecular flexibility index (Phi) is 4.50. The second-order valence-electron chi connectivity index (χ2n) is 2.95.